The molecule has 2 rings (SSSR count). The van der Waals surface area contributed by atoms with E-state index >= 15 is 0 Å². The van der Waals surface area contributed by atoms with E-state index in [-0.39, 0.29) is 0 Å². The first-order valence-corrected chi connectivity index (χ1v) is 7.69. The Balaban J connectivity index is 2.40. The van der Waals surface area contributed by atoms with Gasteiger partial charge in [-0.1, -0.05) is 53.9 Å². The van der Waals surface area contributed by atoms with Crippen LogP contribution in [0.1, 0.15) is 18.9 Å². The Bertz CT molecular complexity index is 596. The number of nitrogens with one attached hydrogen (secondary N) is 1. The van der Waals surface area contributed by atoms with Crippen LogP contribution in [0.4, 0.5) is 0 Å². The SMILES string of the molecule is CCCNCc1ccc(Cl)cc1-c1ccc(Cl)cc1Cl. The maximum absolute atomic E-state index is 6.30. The normalized spacial score (nSPS) is 10.8. The van der Waals surface area contributed by atoms with Crippen LogP contribution < -0.4 is 5.32 Å². The maximum atomic E-state index is 6.30. The van der Waals surface area contributed by atoms with Gasteiger partial charge in [-0.2, -0.15) is 0 Å². The van der Waals surface area contributed by atoms with Gasteiger partial charge in [-0.25, -0.2) is 0 Å². The zero-order valence-electron chi connectivity index (χ0n) is 11.2. The van der Waals surface area contributed by atoms with Gasteiger partial charge in [-0.05, 0) is 48.4 Å². The van der Waals surface area contributed by atoms with E-state index < -0.39 is 0 Å². The van der Waals surface area contributed by atoms with Crippen molar-refractivity contribution >= 4 is 34.8 Å². The molecule has 0 saturated carbocycles. The average molecular weight is 329 g/mol. The minimum absolute atomic E-state index is 0.631. The van der Waals surface area contributed by atoms with Crippen LogP contribution in [0.2, 0.25) is 15.1 Å². The molecule has 20 heavy (non-hydrogen) atoms. The minimum Gasteiger partial charge on any atom is -0.313 e. The molecule has 0 heterocycles. The van der Waals surface area contributed by atoms with Gasteiger partial charge >= 0.3 is 0 Å². The topological polar surface area (TPSA) is 12.0 Å². The molecule has 2 aromatic carbocycles. The zero-order valence-corrected chi connectivity index (χ0v) is 13.5. The average Bonchev–Trinajstić information content (AvgIpc) is 2.41. The van der Waals surface area contributed by atoms with Crippen molar-refractivity contribution in [2.24, 2.45) is 0 Å². The third-order valence-corrected chi connectivity index (χ3v) is 3.82. The van der Waals surface area contributed by atoms with Crippen molar-refractivity contribution in [3.05, 3.63) is 57.0 Å². The van der Waals surface area contributed by atoms with Crippen molar-refractivity contribution in [1.82, 2.24) is 5.32 Å². The maximum Gasteiger partial charge on any atom is 0.0499 e. The van der Waals surface area contributed by atoms with Crippen LogP contribution in [-0.4, -0.2) is 6.54 Å². The van der Waals surface area contributed by atoms with Gasteiger partial charge in [0, 0.05) is 27.2 Å². The second-order valence-corrected chi connectivity index (χ2v) is 5.88. The first-order chi connectivity index (χ1) is 9.61. The standard InChI is InChI=1S/C16H16Cl3N/c1-2-7-20-10-11-3-4-12(17)8-15(11)14-6-5-13(18)9-16(14)19/h3-6,8-9,20H,2,7,10H2,1H3. The summed E-state index contributed by atoms with van der Waals surface area (Å²) in [6.07, 6.45) is 1.10. The number of hydrogen-bond donors (Lipinski definition) is 1. The largest absolute Gasteiger partial charge is 0.313 e. The predicted octanol–water partition coefficient (Wildman–Crippen LogP) is 5.81. The quantitative estimate of drug-likeness (QED) is 0.683. The van der Waals surface area contributed by atoms with Crippen molar-refractivity contribution < 1.29 is 0 Å². The summed E-state index contributed by atoms with van der Waals surface area (Å²) in [6.45, 7) is 3.92. The Morgan fingerprint density at radius 2 is 1.60 bits per heavy atom. The first-order valence-electron chi connectivity index (χ1n) is 6.56. The highest BCUT2D eigenvalue weighted by molar-refractivity contribution is 6.36. The molecule has 0 aliphatic carbocycles. The van der Waals surface area contributed by atoms with Gasteiger partial charge in [0.05, 0.1) is 0 Å². The van der Waals surface area contributed by atoms with E-state index in [0.29, 0.717) is 15.1 Å². The van der Waals surface area contributed by atoms with Crippen molar-refractivity contribution in [2.75, 3.05) is 6.54 Å². The van der Waals surface area contributed by atoms with Gasteiger partial charge < -0.3 is 5.32 Å². The van der Waals surface area contributed by atoms with E-state index in [0.717, 1.165) is 30.6 Å². The summed E-state index contributed by atoms with van der Waals surface area (Å²) >= 11 is 18.4. The summed E-state index contributed by atoms with van der Waals surface area (Å²) in [5, 5.41) is 5.37. The van der Waals surface area contributed by atoms with Crippen LogP contribution in [-0.2, 0) is 6.54 Å². The molecule has 0 unspecified atom stereocenters. The number of benzene rings is 2. The smallest absolute Gasteiger partial charge is 0.0499 e. The van der Waals surface area contributed by atoms with E-state index in [4.69, 9.17) is 34.8 Å². The summed E-state index contributed by atoms with van der Waals surface area (Å²) in [7, 11) is 0. The van der Waals surface area contributed by atoms with Gasteiger partial charge in [0.25, 0.3) is 0 Å². The van der Waals surface area contributed by atoms with E-state index in [1.165, 1.54) is 5.56 Å². The summed E-state index contributed by atoms with van der Waals surface area (Å²) in [6, 6.07) is 11.4. The monoisotopic (exact) mass is 327 g/mol. The van der Waals surface area contributed by atoms with Gasteiger partial charge in [0.15, 0.2) is 0 Å². The van der Waals surface area contributed by atoms with E-state index in [2.05, 4.69) is 12.2 Å². The summed E-state index contributed by atoms with van der Waals surface area (Å²) < 4.78 is 0. The molecule has 2 aromatic rings. The molecule has 0 aliphatic heterocycles. The Morgan fingerprint density at radius 3 is 2.30 bits per heavy atom. The molecule has 0 bridgehead atoms. The van der Waals surface area contributed by atoms with Crippen molar-refractivity contribution in [2.45, 2.75) is 19.9 Å². The van der Waals surface area contributed by atoms with Gasteiger partial charge in [0.1, 0.15) is 0 Å². The second kappa shape index (κ2) is 7.33. The van der Waals surface area contributed by atoms with E-state index in [1.54, 1.807) is 6.07 Å². The molecule has 4 heteroatoms. The highest BCUT2D eigenvalue weighted by atomic mass is 35.5. The molecule has 0 fully saturated rings. The second-order valence-electron chi connectivity index (χ2n) is 4.60. The lowest BCUT2D eigenvalue weighted by molar-refractivity contribution is 0.676. The van der Waals surface area contributed by atoms with Crippen molar-refractivity contribution in [3.63, 3.8) is 0 Å². The summed E-state index contributed by atoms with van der Waals surface area (Å²) in [5.41, 5.74) is 3.17. The Kier molecular flexibility index (Phi) is 5.74. The molecular weight excluding hydrogens is 313 g/mol. The lowest BCUT2D eigenvalue weighted by atomic mass is 9.99. The first kappa shape index (κ1) is 15.7. The third kappa shape index (κ3) is 3.89. The summed E-state index contributed by atoms with van der Waals surface area (Å²) in [4.78, 5) is 0. The highest BCUT2D eigenvalue weighted by Crippen LogP contribution is 2.34. The van der Waals surface area contributed by atoms with Crippen LogP contribution >= 0.6 is 34.8 Å². The molecule has 0 amide bonds. The van der Waals surface area contributed by atoms with Crippen LogP contribution in [0.15, 0.2) is 36.4 Å². The lowest BCUT2D eigenvalue weighted by Crippen LogP contribution is -2.14. The van der Waals surface area contributed by atoms with Crippen molar-refractivity contribution in [1.29, 1.82) is 0 Å². The fourth-order valence-electron chi connectivity index (χ4n) is 2.06. The van der Waals surface area contributed by atoms with Gasteiger partial charge in [-0.15, -0.1) is 0 Å². The fourth-order valence-corrected chi connectivity index (χ4v) is 2.74. The Morgan fingerprint density at radius 1 is 0.900 bits per heavy atom. The Hall–Kier alpha value is -0.730. The number of halogens is 3. The van der Waals surface area contributed by atoms with Gasteiger partial charge in [-0.3, -0.25) is 0 Å². The predicted molar refractivity (Wildman–Crippen MR) is 88.9 cm³/mol. The van der Waals surface area contributed by atoms with Crippen LogP contribution in [0.5, 0.6) is 0 Å². The third-order valence-electron chi connectivity index (χ3n) is 3.04. The zero-order chi connectivity index (χ0) is 14.5. The molecular formula is C16H16Cl3N. The molecule has 0 aliphatic rings. The minimum atomic E-state index is 0.631. The van der Waals surface area contributed by atoms with Crippen LogP contribution in [0.3, 0.4) is 0 Å². The van der Waals surface area contributed by atoms with Gasteiger partial charge in [0.2, 0.25) is 0 Å². The molecule has 0 saturated heterocycles. The molecule has 1 nitrogen and oxygen atoms in total. The summed E-state index contributed by atoms with van der Waals surface area (Å²) in [5.74, 6) is 0. The van der Waals surface area contributed by atoms with Crippen molar-refractivity contribution in [3.8, 4) is 11.1 Å². The molecule has 1 N–H and O–H groups in total. The molecule has 106 valence electrons. The highest BCUT2D eigenvalue weighted by Gasteiger charge is 2.10. The number of rotatable bonds is 5. The molecule has 0 spiro atoms. The number of hydrogen-bond acceptors (Lipinski definition) is 1. The molecule has 0 radical (unpaired) electrons. The Labute approximate surface area is 134 Å². The van der Waals surface area contributed by atoms with Crippen LogP contribution in [0, 0.1) is 0 Å². The van der Waals surface area contributed by atoms with E-state index in [9.17, 15) is 0 Å². The van der Waals surface area contributed by atoms with E-state index in [1.807, 2.05) is 30.3 Å². The fraction of sp³-hybridized carbons (Fsp3) is 0.250. The molecule has 0 atom stereocenters. The molecule has 0 aromatic heterocycles. The lowest BCUT2D eigenvalue weighted by Gasteiger charge is -2.13. The van der Waals surface area contributed by atoms with Crippen LogP contribution in [0.25, 0.3) is 11.1 Å².